The van der Waals surface area contributed by atoms with Crippen molar-refractivity contribution in [2.45, 2.75) is 159 Å². The number of esters is 1. The number of fused-ring (bicyclic) bond motifs is 5. The lowest BCUT2D eigenvalue weighted by molar-refractivity contribution is -0.282. The number of hydrogen-bond acceptors (Lipinski definition) is 11. The van der Waals surface area contributed by atoms with Gasteiger partial charge in [-0.2, -0.15) is 13.2 Å². The van der Waals surface area contributed by atoms with Gasteiger partial charge in [-0.3, -0.25) is 23.9 Å². The Bertz CT molecular complexity index is 2270. The molecule has 14 nitrogen and oxygen atoms in total. The van der Waals surface area contributed by atoms with Crippen molar-refractivity contribution in [3.05, 3.63) is 23.9 Å². The first-order valence-electron chi connectivity index (χ1n) is 22.2. The van der Waals surface area contributed by atoms with Crippen LogP contribution in [0.1, 0.15) is 117 Å². The molecule has 0 radical (unpaired) electrons. The van der Waals surface area contributed by atoms with Crippen molar-refractivity contribution < 1.29 is 63.8 Å². The average molecular weight is 928 g/mol. The first kappa shape index (κ1) is 47.6. The van der Waals surface area contributed by atoms with Crippen LogP contribution in [-0.2, 0) is 40.4 Å². The van der Waals surface area contributed by atoms with E-state index in [-0.39, 0.29) is 50.9 Å². The number of ether oxygens (including phenoxy) is 3. The van der Waals surface area contributed by atoms with Crippen LogP contribution in [-0.4, -0.2) is 101 Å². The molecule has 1 saturated heterocycles. The number of aromatic nitrogens is 2. The van der Waals surface area contributed by atoms with Gasteiger partial charge >= 0.3 is 12.1 Å². The quantitative estimate of drug-likeness (QED) is 0.216. The molecule has 354 valence electrons. The van der Waals surface area contributed by atoms with E-state index in [2.05, 4.69) is 5.32 Å². The van der Waals surface area contributed by atoms with Gasteiger partial charge in [-0.05, 0) is 88.7 Å². The molecule has 2 aromatic rings. The van der Waals surface area contributed by atoms with Crippen LogP contribution in [0.3, 0.4) is 0 Å². The van der Waals surface area contributed by atoms with Gasteiger partial charge in [0.15, 0.2) is 0 Å². The highest BCUT2D eigenvalue weighted by Crippen LogP contribution is 2.53. The van der Waals surface area contributed by atoms with E-state index in [0.29, 0.717) is 48.2 Å². The maximum atomic E-state index is 15.1. The highest BCUT2D eigenvalue weighted by Gasteiger charge is 2.68. The Balaban J connectivity index is 1.31. The Morgan fingerprint density at radius 3 is 2.33 bits per heavy atom. The summed E-state index contributed by atoms with van der Waals surface area (Å²) in [6, 6.07) is 3.53. The third-order valence-corrected chi connectivity index (χ3v) is 16.6. The first-order valence-corrected chi connectivity index (χ1v) is 23.7. The second kappa shape index (κ2) is 17.1. The highest BCUT2D eigenvalue weighted by molar-refractivity contribution is 7.91. The molecule has 3 saturated carbocycles. The highest BCUT2D eigenvalue weighted by atomic mass is 32.2. The number of aryl methyl sites for hydroxylation is 1. The summed E-state index contributed by atoms with van der Waals surface area (Å²) in [5, 5.41) is 2.44. The van der Waals surface area contributed by atoms with Crippen molar-refractivity contribution >= 4 is 44.7 Å². The molecule has 0 unspecified atom stereocenters. The lowest BCUT2D eigenvalue weighted by Gasteiger charge is -2.39. The third-order valence-electron chi connectivity index (χ3n) is 14.4. The van der Waals surface area contributed by atoms with Crippen LogP contribution < -0.4 is 19.5 Å². The van der Waals surface area contributed by atoms with Crippen LogP contribution in [0.2, 0.25) is 0 Å². The minimum atomic E-state index is -4.90. The van der Waals surface area contributed by atoms with Crippen LogP contribution in [0.4, 0.5) is 22.0 Å². The Morgan fingerprint density at radius 1 is 1.02 bits per heavy atom. The normalized spacial score (nSPS) is 31.2. The minimum Gasteiger partial charge on any atom is -0.497 e. The second-order valence-electron chi connectivity index (χ2n) is 19.7. The van der Waals surface area contributed by atoms with E-state index in [9.17, 15) is 31.6 Å². The van der Waals surface area contributed by atoms with E-state index in [1.165, 1.54) is 14.0 Å². The van der Waals surface area contributed by atoms with Crippen LogP contribution in [0.25, 0.3) is 11.0 Å². The number of alkyl halides is 5. The molecule has 4 fully saturated rings. The van der Waals surface area contributed by atoms with E-state index in [1.807, 2.05) is 4.72 Å². The van der Waals surface area contributed by atoms with Crippen molar-refractivity contribution in [3.8, 4) is 11.6 Å². The van der Waals surface area contributed by atoms with Gasteiger partial charge < -0.3 is 24.4 Å². The van der Waals surface area contributed by atoms with Crippen molar-refractivity contribution in [2.24, 2.45) is 29.1 Å². The van der Waals surface area contributed by atoms with Gasteiger partial charge in [0.1, 0.15) is 29.1 Å². The lowest BCUT2D eigenvalue weighted by atomic mass is 9.77. The van der Waals surface area contributed by atoms with Crippen molar-refractivity contribution in [3.63, 3.8) is 0 Å². The third kappa shape index (κ3) is 8.84. The van der Waals surface area contributed by atoms with E-state index >= 15 is 18.0 Å². The van der Waals surface area contributed by atoms with E-state index in [4.69, 9.17) is 24.2 Å². The Kier molecular flexibility index (Phi) is 12.7. The SMILES string of the molecule is CC[C@@H]1[C@@H]2CN(C(=O)[C@H](C(C)(C)C)CC(=O)O[C@]3(C(F)(F)F)CCC[C@H]3CCCCCc3nc4ccc(OC)cc4nc3O2)[C@@H]1C(=O)N[C@]1(C(=O)NS(=O)(=O)C2(C)CC2)C[C@H]1C(F)F. The van der Waals surface area contributed by atoms with Gasteiger partial charge in [-0.25, -0.2) is 27.2 Å². The molecule has 3 amide bonds. The maximum Gasteiger partial charge on any atom is 0.428 e. The summed E-state index contributed by atoms with van der Waals surface area (Å²) in [6.45, 7) is 7.64. The fourth-order valence-corrected chi connectivity index (χ4v) is 11.3. The summed E-state index contributed by atoms with van der Waals surface area (Å²) < 4.78 is 119. The number of methoxy groups -OCH3 is 1. The van der Waals surface area contributed by atoms with E-state index in [1.54, 1.807) is 45.9 Å². The molecule has 3 aliphatic carbocycles. The van der Waals surface area contributed by atoms with Crippen molar-refractivity contribution in [2.75, 3.05) is 13.7 Å². The van der Waals surface area contributed by atoms with Gasteiger partial charge in [0.05, 0.1) is 47.7 Å². The number of sulfonamides is 1. The van der Waals surface area contributed by atoms with Crippen LogP contribution in [0.5, 0.6) is 11.6 Å². The van der Waals surface area contributed by atoms with Gasteiger partial charge in [0, 0.05) is 17.9 Å². The number of carbonyl (C=O) groups is 4. The van der Waals surface area contributed by atoms with Crippen molar-refractivity contribution in [1.29, 1.82) is 0 Å². The number of nitrogens with one attached hydrogen (secondary N) is 2. The van der Waals surface area contributed by atoms with Gasteiger partial charge in [0.25, 0.3) is 5.91 Å². The largest absolute Gasteiger partial charge is 0.497 e. The summed E-state index contributed by atoms with van der Waals surface area (Å²) in [7, 11) is -2.84. The van der Waals surface area contributed by atoms with Crippen LogP contribution >= 0.6 is 0 Å². The number of rotatable bonds is 8. The topological polar surface area (TPSA) is 183 Å². The molecule has 3 heterocycles. The molecule has 5 aliphatic rings. The fraction of sp³-hybridized carbons (Fsp3) is 0.727. The predicted octanol–water partition coefficient (Wildman–Crippen LogP) is 6.57. The number of amides is 3. The molecule has 2 bridgehead atoms. The zero-order valence-electron chi connectivity index (χ0n) is 37.0. The fourth-order valence-electron chi connectivity index (χ4n) is 9.99. The molecular weight excluding hydrogens is 870 g/mol. The minimum absolute atomic E-state index is 0.0798. The summed E-state index contributed by atoms with van der Waals surface area (Å²) in [5.41, 5.74) is -4.89. The number of halogens is 5. The smallest absolute Gasteiger partial charge is 0.428 e. The molecule has 64 heavy (non-hydrogen) atoms. The van der Waals surface area contributed by atoms with Gasteiger partial charge in [-0.15, -0.1) is 0 Å². The average Bonchev–Trinajstić information content (AvgIpc) is 4.06. The van der Waals surface area contributed by atoms with E-state index in [0.717, 1.165) is 4.90 Å². The predicted molar refractivity (Wildman–Crippen MR) is 221 cm³/mol. The molecule has 20 heteroatoms. The number of carbonyl (C=O) groups excluding carboxylic acids is 4. The monoisotopic (exact) mass is 927 g/mol. The summed E-state index contributed by atoms with van der Waals surface area (Å²) in [5.74, 6) is -8.94. The van der Waals surface area contributed by atoms with Gasteiger partial charge in [-0.1, -0.05) is 40.5 Å². The Labute approximate surface area is 369 Å². The summed E-state index contributed by atoms with van der Waals surface area (Å²) in [6.07, 6.45) is -8.05. The summed E-state index contributed by atoms with van der Waals surface area (Å²) in [4.78, 5) is 68.3. The molecule has 1 aromatic carbocycles. The number of nitrogens with zero attached hydrogens (tertiary/aromatic N) is 3. The maximum absolute atomic E-state index is 15.1. The first-order chi connectivity index (χ1) is 29.9. The van der Waals surface area contributed by atoms with Gasteiger partial charge in [0.2, 0.25) is 39.7 Å². The zero-order chi connectivity index (χ0) is 46.8. The van der Waals surface area contributed by atoms with Crippen LogP contribution in [0, 0.1) is 29.1 Å². The van der Waals surface area contributed by atoms with Crippen molar-refractivity contribution in [1.82, 2.24) is 24.9 Å². The number of benzene rings is 1. The Hall–Kier alpha value is -4.36. The number of hydrogen-bond donors (Lipinski definition) is 2. The van der Waals surface area contributed by atoms with E-state index < -0.39 is 123 Å². The molecule has 0 spiro atoms. The standard InChI is InChI=1S/C44H58F5N5O9S/c1-7-26-32-23-54(34(26)36(56)52-42(22-28(42)35(45)46)39(58)53-64(59,60)41(5)18-19-41)38(57)27(40(2,3)4)21-33(55)63-43(44(47,48)49)17-11-13-24(43)12-9-8-10-14-30-37(62-32)51-31-20-25(61-6)15-16-29(31)50-30/h15-16,20,24,26-28,32,34-35H,7-14,17-19,21-23H2,1-6H3,(H,52,56)(H,53,58)/t24-,26-,27-,28+,32+,34+,42-,43-/m1/s1. The van der Waals surface area contributed by atoms with Crippen LogP contribution in [0.15, 0.2) is 18.2 Å². The molecule has 8 atom stereocenters. The molecule has 7 rings (SSSR count). The zero-order valence-corrected chi connectivity index (χ0v) is 37.8. The summed E-state index contributed by atoms with van der Waals surface area (Å²) >= 11 is 0. The second-order valence-corrected chi connectivity index (χ2v) is 21.9. The lowest BCUT2D eigenvalue weighted by Crippen LogP contribution is -2.59. The molecule has 2 aliphatic heterocycles. The molecule has 2 N–H and O–H groups in total. The Morgan fingerprint density at radius 2 is 1.72 bits per heavy atom. The molecule has 1 aromatic heterocycles. The molecular formula is C44H58F5N5O9S.